The van der Waals surface area contributed by atoms with Crippen molar-refractivity contribution >= 4 is 17.3 Å². The van der Waals surface area contributed by atoms with E-state index in [9.17, 15) is 13.9 Å². The Morgan fingerprint density at radius 3 is 2.50 bits per heavy atom. The number of halogens is 2. The van der Waals surface area contributed by atoms with Gasteiger partial charge in [-0.2, -0.15) is 4.98 Å². The average Bonchev–Trinajstić information content (AvgIpc) is 3.25. The van der Waals surface area contributed by atoms with Gasteiger partial charge in [-0.15, -0.1) is 5.10 Å². The second-order valence-corrected chi connectivity index (χ2v) is 8.42. The maximum atomic E-state index is 13.5. The number of nitrogens with one attached hydrogen (secondary N) is 1. The highest BCUT2D eigenvalue weighted by Gasteiger charge is 2.20. The Morgan fingerprint density at radius 2 is 1.79 bits per heavy atom. The molecular weight excluding hydrogens is 442 g/mol. The molecule has 2 aromatic carbocycles. The van der Waals surface area contributed by atoms with E-state index in [1.54, 1.807) is 0 Å². The Hall–Kier alpha value is -3.08. The number of β-amino-alcohol motifs (C(OH)–C–C–N with tert-alkyl or cyclic N) is 1. The largest absolute Gasteiger partial charge is 0.389 e. The lowest BCUT2D eigenvalue weighted by molar-refractivity contribution is 0.0202. The summed E-state index contributed by atoms with van der Waals surface area (Å²) >= 11 is 0. The predicted molar refractivity (Wildman–Crippen MR) is 129 cm³/mol. The summed E-state index contributed by atoms with van der Waals surface area (Å²) in [7, 11) is 0. The van der Waals surface area contributed by atoms with Gasteiger partial charge in [0.1, 0.15) is 18.0 Å². The maximum absolute atomic E-state index is 13.5. The van der Waals surface area contributed by atoms with Crippen molar-refractivity contribution in [1.29, 1.82) is 0 Å². The van der Waals surface area contributed by atoms with Crippen LogP contribution in [0, 0.1) is 18.6 Å². The second-order valence-electron chi connectivity index (χ2n) is 8.42. The third-order valence-corrected chi connectivity index (χ3v) is 5.64. The molecule has 1 fully saturated rings. The highest BCUT2D eigenvalue weighted by atomic mass is 19.1. The first-order valence-corrected chi connectivity index (χ1v) is 11.4. The summed E-state index contributed by atoms with van der Waals surface area (Å²) in [5.41, 5.74) is 3.25. The smallest absolute Gasteiger partial charge is 0.246 e. The van der Waals surface area contributed by atoms with E-state index in [1.807, 2.05) is 26.0 Å². The van der Waals surface area contributed by atoms with Crippen LogP contribution in [0.15, 0.2) is 42.7 Å². The number of anilines is 3. The van der Waals surface area contributed by atoms with Gasteiger partial charge in [0.05, 0.1) is 18.4 Å². The number of piperazine rings is 1. The van der Waals surface area contributed by atoms with Gasteiger partial charge in [0.15, 0.2) is 0 Å². The summed E-state index contributed by atoms with van der Waals surface area (Å²) in [6.07, 6.45) is 0.935. The number of aryl methyl sites for hydroxylation is 1. The molecule has 10 heteroatoms. The third-order valence-electron chi connectivity index (χ3n) is 5.64. The minimum absolute atomic E-state index is 0. The first-order valence-electron chi connectivity index (χ1n) is 11.4. The van der Waals surface area contributed by atoms with Crippen molar-refractivity contribution in [2.45, 2.75) is 20.0 Å². The number of aromatic nitrogens is 3. The number of nitrogens with zero attached hydrogens (tertiary/aromatic N) is 5. The lowest BCUT2D eigenvalue weighted by Crippen LogP contribution is -2.49. The molecule has 2 N–H and O–H groups in total. The molecule has 0 amide bonds. The molecule has 0 radical (unpaired) electrons. The van der Waals surface area contributed by atoms with E-state index >= 15 is 0 Å². The van der Waals surface area contributed by atoms with Gasteiger partial charge < -0.3 is 20.1 Å². The molecule has 1 aromatic heterocycles. The van der Waals surface area contributed by atoms with Gasteiger partial charge in [-0.05, 0) is 49.7 Å². The lowest BCUT2D eigenvalue weighted by atomic mass is 10.1. The molecule has 0 saturated carbocycles. The normalized spacial score (nSPS) is 15.5. The summed E-state index contributed by atoms with van der Waals surface area (Å²) in [5.74, 6) is -1.02. The second kappa shape index (κ2) is 10.9. The van der Waals surface area contributed by atoms with Gasteiger partial charge in [-0.3, -0.25) is 4.90 Å². The topological polar surface area (TPSA) is 78.7 Å². The first kappa shape index (κ1) is 24.1. The monoisotopic (exact) mass is 474 g/mol. The van der Waals surface area contributed by atoms with Gasteiger partial charge in [0, 0.05) is 58.2 Å². The summed E-state index contributed by atoms with van der Waals surface area (Å²) in [5, 5.41) is 17.6. The van der Waals surface area contributed by atoms with E-state index in [0.717, 1.165) is 49.2 Å². The molecule has 0 spiro atoms. The van der Waals surface area contributed by atoms with Crippen molar-refractivity contribution < 1.29 is 20.1 Å². The number of rotatable bonds is 9. The highest BCUT2D eigenvalue weighted by molar-refractivity contribution is 5.64. The number of hydrogen-bond acceptors (Lipinski definition) is 7. The summed E-state index contributed by atoms with van der Waals surface area (Å²) in [6.45, 7) is 8.93. The van der Waals surface area contributed by atoms with Crippen LogP contribution in [0.25, 0.3) is 5.69 Å². The molecule has 184 valence electrons. The van der Waals surface area contributed by atoms with E-state index < -0.39 is 17.7 Å². The van der Waals surface area contributed by atoms with E-state index in [-0.39, 0.29) is 7.11 Å². The van der Waals surface area contributed by atoms with Crippen molar-refractivity contribution in [2.75, 3.05) is 56.2 Å². The zero-order valence-electron chi connectivity index (χ0n) is 19.4. The number of aliphatic hydroxyl groups excluding tert-OH is 1. The van der Waals surface area contributed by atoms with Crippen molar-refractivity contribution in [3.63, 3.8) is 0 Å². The van der Waals surface area contributed by atoms with E-state index in [0.29, 0.717) is 25.7 Å². The first-order chi connectivity index (χ1) is 16.4. The molecule has 0 bridgehead atoms. The molecule has 1 saturated heterocycles. The van der Waals surface area contributed by atoms with Gasteiger partial charge in [-0.25, -0.2) is 13.5 Å². The van der Waals surface area contributed by atoms with Crippen LogP contribution in [0.1, 0.15) is 13.9 Å². The quantitative estimate of drug-likeness (QED) is 0.492. The Bertz CT molecular complexity index is 1090. The zero-order chi connectivity index (χ0) is 24.1. The molecule has 34 heavy (non-hydrogen) atoms. The van der Waals surface area contributed by atoms with Crippen LogP contribution >= 0.6 is 0 Å². The van der Waals surface area contributed by atoms with Gasteiger partial charge in [0.2, 0.25) is 5.95 Å². The Kier molecular flexibility index (Phi) is 7.71. The molecule has 0 aliphatic carbocycles. The van der Waals surface area contributed by atoms with Crippen LogP contribution in [0.5, 0.6) is 0 Å². The minimum Gasteiger partial charge on any atom is -0.389 e. The Labute approximate surface area is 199 Å². The van der Waals surface area contributed by atoms with Crippen molar-refractivity contribution in [3.05, 3.63) is 59.9 Å². The molecule has 1 aliphatic rings. The highest BCUT2D eigenvalue weighted by Crippen LogP contribution is 2.25. The molecule has 4 rings (SSSR count). The average molecular weight is 475 g/mol. The maximum Gasteiger partial charge on any atom is 0.246 e. The van der Waals surface area contributed by atoms with Crippen LogP contribution < -0.4 is 10.2 Å². The van der Waals surface area contributed by atoms with E-state index in [4.69, 9.17) is 4.74 Å². The number of hydrogen-bond donors (Lipinski definition) is 2. The minimum atomic E-state index is -0.674. The Morgan fingerprint density at radius 1 is 1.06 bits per heavy atom. The third kappa shape index (κ3) is 6.28. The molecule has 1 aliphatic heterocycles. The fourth-order valence-electron chi connectivity index (χ4n) is 4.06. The SMILES string of the molecule is CCOCC(O)CN1CCN(c2cc(C)cc(Nc3ncn(-c4cc(F)cc(F)c4)n3)c2)CC1.[HH]. The molecule has 1 atom stereocenters. The number of benzene rings is 2. The van der Waals surface area contributed by atoms with Crippen molar-refractivity contribution in [2.24, 2.45) is 0 Å². The number of aliphatic hydroxyl groups is 1. The van der Waals surface area contributed by atoms with Crippen LogP contribution in [0.3, 0.4) is 0 Å². The van der Waals surface area contributed by atoms with Crippen molar-refractivity contribution in [1.82, 2.24) is 19.7 Å². The molecule has 1 unspecified atom stereocenters. The standard InChI is InChI=1S/C24H30F2N6O2.H2/c1-3-34-15-23(33)14-30-4-6-31(7-5-30)21-9-17(2)8-20(13-21)28-24-27-16-32(29-24)22-11-18(25)10-19(26)12-22;/h8-13,16,23,33H,3-7,14-15H2,1-2H3,(H,28,29);1H. The van der Waals surface area contributed by atoms with Crippen LogP contribution in [0.2, 0.25) is 0 Å². The fraction of sp³-hybridized carbons (Fsp3) is 0.417. The molecule has 8 nitrogen and oxygen atoms in total. The summed E-state index contributed by atoms with van der Waals surface area (Å²) < 4.78 is 33.7. The fourth-order valence-corrected chi connectivity index (χ4v) is 4.06. The van der Waals surface area contributed by atoms with Crippen molar-refractivity contribution in [3.8, 4) is 5.69 Å². The van der Waals surface area contributed by atoms with Crippen LogP contribution in [-0.2, 0) is 4.74 Å². The van der Waals surface area contributed by atoms with E-state index in [2.05, 4.69) is 31.3 Å². The zero-order valence-corrected chi connectivity index (χ0v) is 19.4. The lowest BCUT2D eigenvalue weighted by Gasteiger charge is -2.37. The van der Waals surface area contributed by atoms with Gasteiger partial charge in [-0.1, -0.05) is 0 Å². The van der Waals surface area contributed by atoms with Crippen LogP contribution in [0.4, 0.5) is 26.1 Å². The molecule has 2 heterocycles. The predicted octanol–water partition coefficient (Wildman–Crippen LogP) is 3.36. The van der Waals surface area contributed by atoms with Gasteiger partial charge in [0.25, 0.3) is 0 Å². The summed E-state index contributed by atoms with van der Waals surface area (Å²) in [4.78, 5) is 8.78. The van der Waals surface area contributed by atoms with Crippen LogP contribution in [-0.4, -0.2) is 76.8 Å². The van der Waals surface area contributed by atoms with E-state index in [1.165, 1.54) is 23.1 Å². The Balaban J connectivity index is 0.00000342. The molecule has 3 aromatic rings. The molecular formula is C24H32F2N6O2. The van der Waals surface area contributed by atoms with Gasteiger partial charge >= 0.3 is 0 Å². The summed E-state index contributed by atoms with van der Waals surface area (Å²) in [6, 6.07) is 9.37. The number of ether oxygens (including phenoxy) is 1.